The fraction of sp³-hybridized carbons (Fsp3) is 0.333. The first kappa shape index (κ1) is 17.5. The number of aromatic nitrogens is 3. The minimum atomic E-state index is 0.00998. The Bertz CT molecular complexity index is 1010. The van der Waals surface area contributed by atoms with Crippen LogP contribution in [-0.4, -0.2) is 32.6 Å². The van der Waals surface area contributed by atoms with Gasteiger partial charge in [-0.2, -0.15) is 0 Å². The van der Waals surface area contributed by atoms with Gasteiger partial charge in [0.15, 0.2) is 0 Å². The molecule has 0 unspecified atom stereocenters. The zero-order valence-corrected chi connectivity index (χ0v) is 15.4. The number of nitrogens with one attached hydrogen (secondary N) is 1. The first-order valence-electron chi connectivity index (χ1n) is 9.19. The number of amides is 1. The van der Waals surface area contributed by atoms with E-state index in [1.807, 2.05) is 38.2 Å². The minimum Gasteiger partial charge on any atom is -0.396 e. The first-order valence-corrected chi connectivity index (χ1v) is 9.19. The van der Waals surface area contributed by atoms with Gasteiger partial charge in [-0.15, -0.1) is 0 Å². The second-order valence-electron chi connectivity index (χ2n) is 7.26. The molecule has 6 nitrogen and oxygen atoms in total. The average molecular weight is 362 g/mol. The molecule has 1 aliphatic rings. The van der Waals surface area contributed by atoms with Crippen molar-refractivity contribution in [3.8, 4) is 11.3 Å². The Labute approximate surface area is 157 Å². The van der Waals surface area contributed by atoms with Crippen LogP contribution in [0, 0.1) is 12.8 Å². The third kappa shape index (κ3) is 3.66. The van der Waals surface area contributed by atoms with E-state index in [-0.39, 0.29) is 24.3 Å². The summed E-state index contributed by atoms with van der Waals surface area (Å²) in [6, 6.07) is 5.83. The number of rotatable bonds is 5. The van der Waals surface area contributed by atoms with Gasteiger partial charge in [0.1, 0.15) is 5.82 Å². The highest BCUT2D eigenvalue weighted by atomic mass is 16.3. The summed E-state index contributed by atoms with van der Waals surface area (Å²) in [6.45, 7) is 4.04. The van der Waals surface area contributed by atoms with Crippen LogP contribution < -0.4 is 5.32 Å². The van der Waals surface area contributed by atoms with Gasteiger partial charge in [-0.25, -0.2) is 4.98 Å². The Balaban J connectivity index is 1.62. The van der Waals surface area contributed by atoms with Gasteiger partial charge >= 0.3 is 0 Å². The van der Waals surface area contributed by atoms with Crippen molar-refractivity contribution >= 4 is 22.5 Å². The standard InChI is InChI=1S/C21H22N4O2/c1-12-5-18(13(2)11-26)23-10-17(12)19-6-15-9-24-20(7-16(15)8-22-19)25-21(27)14-3-4-14/h5-10,13-14,26H,3-4,11H2,1-2H3,(H,24,25,27)/t13-/m0/s1. The number of fused-ring (bicyclic) bond motifs is 1. The highest BCUT2D eigenvalue weighted by Gasteiger charge is 2.29. The molecule has 4 rings (SSSR count). The van der Waals surface area contributed by atoms with Crippen LogP contribution in [0.25, 0.3) is 22.0 Å². The summed E-state index contributed by atoms with van der Waals surface area (Å²) in [4.78, 5) is 25.3. The zero-order valence-electron chi connectivity index (χ0n) is 15.4. The van der Waals surface area contributed by atoms with Crippen LogP contribution in [0.5, 0.6) is 0 Å². The van der Waals surface area contributed by atoms with Crippen molar-refractivity contribution in [2.75, 3.05) is 11.9 Å². The van der Waals surface area contributed by atoms with Gasteiger partial charge in [0, 0.05) is 52.5 Å². The van der Waals surface area contributed by atoms with E-state index in [1.165, 1.54) is 0 Å². The molecule has 0 radical (unpaired) electrons. The third-order valence-electron chi connectivity index (χ3n) is 4.99. The number of nitrogens with zero attached hydrogens (tertiary/aromatic N) is 3. The van der Waals surface area contributed by atoms with Crippen molar-refractivity contribution in [2.24, 2.45) is 5.92 Å². The van der Waals surface area contributed by atoms with Crippen molar-refractivity contribution in [1.29, 1.82) is 0 Å². The molecule has 2 N–H and O–H groups in total. The van der Waals surface area contributed by atoms with E-state index < -0.39 is 0 Å². The first-order chi connectivity index (χ1) is 13.0. The summed E-state index contributed by atoms with van der Waals surface area (Å²) in [5, 5.41) is 14.1. The molecule has 0 aliphatic heterocycles. The van der Waals surface area contributed by atoms with Gasteiger partial charge in [0.2, 0.25) is 5.91 Å². The van der Waals surface area contributed by atoms with E-state index in [0.29, 0.717) is 5.82 Å². The number of hydrogen-bond donors (Lipinski definition) is 2. The summed E-state index contributed by atoms with van der Waals surface area (Å²) >= 11 is 0. The lowest BCUT2D eigenvalue weighted by atomic mass is 10.0. The number of aryl methyl sites for hydroxylation is 1. The highest BCUT2D eigenvalue weighted by Crippen LogP contribution is 2.30. The molecule has 27 heavy (non-hydrogen) atoms. The molecule has 0 bridgehead atoms. The summed E-state index contributed by atoms with van der Waals surface area (Å²) in [5.74, 6) is 0.769. The van der Waals surface area contributed by atoms with E-state index in [0.717, 1.165) is 46.1 Å². The van der Waals surface area contributed by atoms with Crippen LogP contribution in [0.3, 0.4) is 0 Å². The number of anilines is 1. The number of hydrogen-bond acceptors (Lipinski definition) is 5. The summed E-state index contributed by atoms with van der Waals surface area (Å²) in [6.07, 6.45) is 7.29. The Morgan fingerprint density at radius 2 is 1.89 bits per heavy atom. The smallest absolute Gasteiger partial charge is 0.228 e. The van der Waals surface area contributed by atoms with E-state index in [2.05, 4.69) is 20.3 Å². The molecular formula is C21H22N4O2. The minimum absolute atomic E-state index is 0.00998. The highest BCUT2D eigenvalue weighted by molar-refractivity contribution is 5.95. The van der Waals surface area contributed by atoms with E-state index in [9.17, 15) is 9.90 Å². The molecule has 1 atom stereocenters. The Morgan fingerprint density at radius 3 is 2.59 bits per heavy atom. The molecule has 1 aliphatic carbocycles. The van der Waals surface area contributed by atoms with Crippen molar-refractivity contribution in [3.05, 3.63) is 48.0 Å². The lowest BCUT2D eigenvalue weighted by Crippen LogP contribution is -2.14. The van der Waals surface area contributed by atoms with Gasteiger partial charge in [-0.3, -0.25) is 14.8 Å². The predicted molar refractivity (Wildman–Crippen MR) is 104 cm³/mol. The number of aliphatic hydroxyl groups excluding tert-OH is 1. The van der Waals surface area contributed by atoms with Gasteiger partial charge in [0.25, 0.3) is 0 Å². The number of carbonyl (C=O) groups is 1. The molecule has 1 fully saturated rings. The van der Waals surface area contributed by atoms with Gasteiger partial charge in [-0.1, -0.05) is 6.92 Å². The molecule has 1 saturated carbocycles. The SMILES string of the molecule is Cc1cc([C@@H](C)CO)ncc1-c1cc2cnc(NC(=O)C3CC3)cc2cn1. The maximum absolute atomic E-state index is 11.9. The third-order valence-corrected chi connectivity index (χ3v) is 4.99. The Hall–Kier alpha value is -2.86. The number of pyridine rings is 3. The maximum atomic E-state index is 11.9. The van der Waals surface area contributed by atoms with Crippen LogP contribution in [0.1, 0.15) is 36.9 Å². The second kappa shape index (κ2) is 7.04. The van der Waals surface area contributed by atoms with Crippen LogP contribution in [0.15, 0.2) is 36.8 Å². The van der Waals surface area contributed by atoms with E-state index in [1.54, 1.807) is 12.4 Å². The van der Waals surface area contributed by atoms with Crippen molar-refractivity contribution in [2.45, 2.75) is 32.6 Å². The van der Waals surface area contributed by atoms with Gasteiger partial charge in [0.05, 0.1) is 12.3 Å². The summed E-state index contributed by atoms with van der Waals surface area (Å²) in [7, 11) is 0. The van der Waals surface area contributed by atoms with Crippen LogP contribution in [0.2, 0.25) is 0 Å². The van der Waals surface area contributed by atoms with E-state index >= 15 is 0 Å². The molecule has 0 aromatic carbocycles. The second-order valence-corrected chi connectivity index (χ2v) is 7.26. The molecule has 138 valence electrons. The number of carbonyl (C=O) groups excluding carboxylic acids is 1. The number of aliphatic hydroxyl groups is 1. The zero-order chi connectivity index (χ0) is 19.0. The fourth-order valence-electron chi connectivity index (χ4n) is 3.04. The average Bonchev–Trinajstić information content (AvgIpc) is 3.52. The summed E-state index contributed by atoms with van der Waals surface area (Å²) in [5.41, 5.74) is 3.72. The van der Waals surface area contributed by atoms with Crippen molar-refractivity contribution in [3.63, 3.8) is 0 Å². The Morgan fingerprint density at radius 1 is 1.15 bits per heavy atom. The van der Waals surface area contributed by atoms with Crippen molar-refractivity contribution in [1.82, 2.24) is 15.0 Å². The fourth-order valence-corrected chi connectivity index (χ4v) is 3.04. The maximum Gasteiger partial charge on any atom is 0.228 e. The molecule has 0 saturated heterocycles. The predicted octanol–water partition coefficient (Wildman–Crippen LogP) is 3.44. The lowest BCUT2D eigenvalue weighted by Gasteiger charge is -2.12. The van der Waals surface area contributed by atoms with Gasteiger partial charge < -0.3 is 10.4 Å². The molecule has 1 amide bonds. The van der Waals surface area contributed by atoms with Crippen LogP contribution in [0.4, 0.5) is 5.82 Å². The molecule has 6 heteroatoms. The monoisotopic (exact) mass is 362 g/mol. The molecular weight excluding hydrogens is 340 g/mol. The van der Waals surface area contributed by atoms with E-state index in [4.69, 9.17) is 0 Å². The molecule has 0 spiro atoms. The van der Waals surface area contributed by atoms with Gasteiger partial charge in [-0.05, 0) is 43.5 Å². The Kier molecular flexibility index (Phi) is 4.58. The van der Waals surface area contributed by atoms with Crippen molar-refractivity contribution < 1.29 is 9.90 Å². The topological polar surface area (TPSA) is 88.0 Å². The van der Waals surface area contributed by atoms with Crippen LogP contribution >= 0.6 is 0 Å². The molecule has 3 aromatic heterocycles. The molecule has 3 heterocycles. The summed E-state index contributed by atoms with van der Waals surface area (Å²) < 4.78 is 0. The lowest BCUT2D eigenvalue weighted by molar-refractivity contribution is -0.117. The molecule has 3 aromatic rings. The van der Waals surface area contributed by atoms with Crippen LogP contribution in [-0.2, 0) is 4.79 Å². The normalized spacial score (nSPS) is 14.9. The quantitative estimate of drug-likeness (QED) is 0.726. The largest absolute Gasteiger partial charge is 0.396 e.